The maximum absolute atomic E-state index is 12.3. The Bertz CT molecular complexity index is 788. The molecule has 0 aliphatic carbocycles. The second kappa shape index (κ2) is 6.29. The number of aromatic nitrogens is 2. The molecule has 0 atom stereocenters. The summed E-state index contributed by atoms with van der Waals surface area (Å²) in [6.07, 6.45) is 4.38. The van der Waals surface area contributed by atoms with Crippen LogP contribution in [0.4, 0.5) is 0 Å². The van der Waals surface area contributed by atoms with Gasteiger partial charge in [-0.05, 0) is 31.0 Å². The molecular weight excluding hydrogens is 296 g/mol. The van der Waals surface area contributed by atoms with Gasteiger partial charge >= 0.3 is 0 Å². The number of thiazole rings is 1. The maximum atomic E-state index is 12.3. The fourth-order valence-corrected chi connectivity index (χ4v) is 3.38. The minimum absolute atomic E-state index is 0.0442. The molecule has 3 N–H and O–H groups in total. The molecule has 22 heavy (non-hydrogen) atoms. The van der Waals surface area contributed by atoms with E-state index in [4.69, 9.17) is 5.73 Å². The molecule has 6 heteroatoms. The van der Waals surface area contributed by atoms with Crippen molar-refractivity contribution in [1.82, 2.24) is 14.7 Å². The summed E-state index contributed by atoms with van der Waals surface area (Å²) in [5.74, 6) is -0.0442. The van der Waals surface area contributed by atoms with E-state index < -0.39 is 0 Å². The predicted octanol–water partition coefficient (Wildman–Crippen LogP) is 2.14. The van der Waals surface area contributed by atoms with Gasteiger partial charge in [0.15, 0.2) is 0 Å². The molecule has 0 unspecified atom stereocenters. The zero-order valence-corrected chi connectivity index (χ0v) is 13.2. The quantitative estimate of drug-likeness (QED) is 0.758. The lowest BCUT2D eigenvalue weighted by molar-refractivity contribution is 0.0954. The minimum atomic E-state index is -0.0442. The minimum Gasteiger partial charge on any atom is -0.347 e. The first-order valence-corrected chi connectivity index (χ1v) is 7.98. The topological polar surface area (TPSA) is 72.4 Å². The number of hydrogen-bond donors (Lipinski definition) is 2. The standard InChI is InChI=1S/C16H18N4OS/c1-11-15(22-14-9-18-10-20(11)14)16(21)19-8-13-4-2-12(3-5-13)6-7-17/h2-5,9-10H,6-8,17H2,1H3,(H,19,21). The summed E-state index contributed by atoms with van der Waals surface area (Å²) in [6, 6.07) is 8.17. The molecule has 1 aromatic carbocycles. The fourth-order valence-electron chi connectivity index (χ4n) is 2.36. The first-order chi connectivity index (χ1) is 10.7. The Morgan fingerprint density at radius 3 is 2.73 bits per heavy atom. The van der Waals surface area contributed by atoms with Crippen molar-refractivity contribution in [3.05, 3.63) is 58.5 Å². The highest BCUT2D eigenvalue weighted by Crippen LogP contribution is 2.22. The van der Waals surface area contributed by atoms with Crippen LogP contribution < -0.4 is 11.1 Å². The molecule has 0 saturated carbocycles. The highest BCUT2D eigenvalue weighted by atomic mass is 32.1. The SMILES string of the molecule is Cc1c(C(=O)NCc2ccc(CCN)cc2)sc2cncn12. The van der Waals surface area contributed by atoms with Gasteiger partial charge < -0.3 is 11.1 Å². The Hall–Kier alpha value is -2.18. The number of nitrogens with one attached hydrogen (secondary N) is 1. The van der Waals surface area contributed by atoms with Gasteiger partial charge in [-0.15, -0.1) is 11.3 Å². The van der Waals surface area contributed by atoms with Crippen molar-refractivity contribution < 1.29 is 4.79 Å². The molecule has 5 nitrogen and oxygen atoms in total. The molecule has 2 heterocycles. The molecule has 0 saturated heterocycles. The summed E-state index contributed by atoms with van der Waals surface area (Å²) < 4.78 is 1.93. The van der Waals surface area contributed by atoms with Crippen LogP contribution in [0.25, 0.3) is 4.83 Å². The molecule has 3 rings (SSSR count). The highest BCUT2D eigenvalue weighted by Gasteiger charge is 2.15. The molecular formula is C16H18N4OS. The van der Waals surface area contributed by atoms with Gasteiger partial charge in [-0.2, -0.15) is 0 Å². The molecule has 114 valence electrons. The second-order valence-electron chi connectivity index (χ2n) is 5.16. The van der Waals surface area contributed by atoms with E-state index in [0.717, 1.165) is 27.4 Å². The molecule has 0 bridgehead atoms. The molecule has 3 aromatic rings. The van der Waals surface area contributed by atoms with Gasteiger partial charge in [0, 0.05) is 12.2 Å². The van der Waals surface area contributed by atoms with Crippen molar-refractivity contribution in [1.29, 1.82) is 0 Å². The van der Waals surface area contributed by atoms with Crippen LogP contribution in [0.15, 0.2) is 36.8 Å². The first kappa shape index (κ1) is 14.7. The van der Waals surface area contributed by atoms with Crippen molar-refractivity contribution in [3.8, 4) is 0 Å². The molecule has 1 amide bonds. The third kappa shape index (κ3) is 2.88. The Kier molecular flexibility index (Phi) is 4.22. The number of carbonyl (C=O) groups excluding carboxylic acids is 1. The number of imidazole rings is 1. The Balaban J connectivity index is 1.66. The number of aryl methyl sites for hydroxylation is 1. The summed E-state index contributed by atoms with van der Waals surface area (Å²) in [5.41, 5.74) is 8.76. The van der Waals surface area contributed by atoms with E-state index in [2.05, 4.69) is 22.4 Å². The zero-order chi connectivity index (χ0) is 15.5. The third-order valence-electron chi connectivity index (χ3n) is 3.62. The second-order valence-corrected chi connectivity index (χ2v) is 6.19. The summed E-state index contributed by atoms with van der Waals surface area (Å²) in [4.78, 5) is 18.1. The predicted molar refractivity (Wildman–Crippen MR) is 88.2 cm³/mol. The average Bonchev–Trinajstić information content (AvgIpc) is 3.10. The van der Waals surface area contributed by atoms with Crippen molar-refractivity contribution in [2.24, 2.45) is 5.73 Å². The lowest BCUT2D eigenvalue weighted by atomic mass is 10.1. The van der Waals surface area contributed by atoms with E-state index in [1.165, 1.54) is 16.9 Å². The van der Waals surface area contributed by atoms with Crippen molar-refractivity contribution in [2.75, 3.05) is 6.54 Å². The van der Waals surface area contributed by atoms with E-state index in [1.54, 1.807) is 12.5 Å². The van der Waals surface area contributed by atoms with Gasteiger partial charge in [0.2, 0.25) is 0 Å². The number of hydrogen-bond acceptors (Lipinski definition) is 4. The van der Waals surface area contributed by atoms with Gasteiger partial charge in [-0.1, -0.05) is 24.3 Å². The smallest absolute Gasteiger partial charge is 0.263 e. The lowest BCUT2D eigenvalue weighted by Gasteiger charge is -2.06. The van der Waals surface area contributed by atoms with Crippen molar-refractivity contribution in [3.63, 3.8) is 0 Å². The first-order valence-electron chi connectivity index (χ1n) is 7.16. The number of benzene rings is 1. The monoisotopic (exact) mass is 314 g/mol. The van der Waals surface area contributed by atoms with Crippen molar-refractivity contribution in [2.45, 2.75) is 19.9 Å². The molecule has 0 radical (unpaired) electrons. The summed E-state index contributed by atoms with van der Waals surface area (Å²) in [7, 11) is 0. The van der Waals surface area contributed by atoms with E-state index in [9.17, 15) is 4.79 Å². The van der Waals surface area contributed by atoms with Gasteiger partial charge in [0.05, 0.1) is 6.20 Å². The number of fused-ring (bicyclic) bond motifs is 1. The van der Waals surface area contributed by atoms with E-state index in [-0.39, 0.29) is 5.91 Å². The maximum Gasteiger partial charge on any atom is 0.263 e. The molecule has 0 spiro atoms. The zero-order valence-electron chi connectivity index (χ0n) is 12.4. The fraction of sp³-hybridized carbons (Fsp3) is 0.250. The van der Waals surface area contributed by atoms with E-state index in [1.807, 2.05) is 23.5 Å². The van der Waals surface area contributed by atoms with Crippen LogP contribution >= 0.6 is 11.3 Å². The van der Waals surface area contributed by atoms with Crippen molar-refractivity contribution >= 4 is 22.1 Å². The summed E-state index contributed by atoms with van der Waals surface area (Å²) in [5, 5.41) is 2.97. The van der Waals surface area contributed by atoms with Crippen LogP contribution in [0.5, 0.6) is 0 Å². The Labute approximate surface area is 132 Å². The molecule has 2 aromatic heterocycles. The van der Waals surface area contributed by atoms with Crippen LogP contribution in [0.2, 0.25) is 0 Å². The van der Waals surface area contributed by atoms with Gasteiger partial charge in [0.25, 0.3) is 5.91 Å². The highest BCUT2D eigenvalue weighted by molar-refractivity contribution is 7.19. The van der Waals surface area contributed by atoms with E-state index >= 15 is 0 Å². The molecule has 0 aliphatic heterocycles. The van der Waals surface area contributed by atoms with Gasteiger partial charge in [0.1, 0.15) is 16.0 Å². The number of nitrogens with two attached hydrogens (primary N) is 1. The average molecular weight is 314 g/mol. The Morgan fingerprint density at radius 2 is 2.05 bits per heavy atom. The lowest BCUT2D eigenvalue weighted by Crippen LogP contribution is -2.22. The molecule has 0 fully saturated rings. The normalized spacial score (nSPS) is 11.0. The van der Waals surface area contributed by atoms with Crippen LogP contribution in [0, 0.1) is 6.92 Å². The number of nitrogens with zero attached hydrogens (tertiary/aromatic N) is 2. The summed E-state index contributed by atoms with van der Waals surface area (Å²) >= 11 is 1.46. The van der Waals surface area contributed by atoms with Crippen LogP contribution in [0.1, 0.15) is 26.5 Å². The van der Waals surface area contributed by atoms with Gasteiger partial charge in [-0.3, -0.25) is 9.20 Å². The van der Waals surface area contributed by atoms with E-state index in [0.29, 0.717) is 13.1 Å². The number of carbonyl (C=O) groups is 1. The van der Waals surface area contributed by atoms with Crippen LogP contribution in [0.3, 0.4) is 0 Å². The van der Waals surface area contributed by atoms with Crippen LogP contribution in [-0.2, 0) is 13.0 Å². The number of amides is 1. The largest absolute Gasteiger partial charge is 0.347 e. The summed E-state index contributed by atoms with van der Waals surface area (Å²) in [6.45, 7) is 3.10. The van der Waals surface area contributed by atoms with Crippen LogP contribution in [-0.4, -0.2) is 21.8 Å². The Morgan fingerprint density at radius 1 is 1.32 bits per heavy atom. The number of rotatable bonds is 5. The van der Waals surface area contributed by atoms with Gasteiger partial charge in [-0.25, -0.2) is 4.98 Å². The third-order valence-corrected chi connectivity index (χ3v) is 4.81. The molecule has 0 aliphatic rings.